The van der Waals surface area contributed by atoms with Gasteiger partial charge < -0.3 is 9.47 Å². The highest BCUT2D eigenvalue weighted by Gasteiger charge is 2.18. The first-order valence-corrected chi connectivity index (χ1v) is 9.09. The number of para-hydroxylation sites is 1. The summed E-state index contributed by atoms with van der Waals surface area (Å²) < 4.78 is 11.7. The van der Waals surface area contributed by atoms with Crippen LogP contribution < -0.4 is 14.8 Å². The van der Waals surface area contributed by atoms with E-state index in [1.807, 2.05) is 25.1 Å². The number of benzene rings is 2. The van der Waals surface area contributed by atoms with Crippen LogP contribution in [-0.4, -0.2) is 25.5 Å². The highest BCUT2D eigenvalue weighted by atomic mass is 32.1. The molecule has 5 nitrogen and oxygen atoms in total. The van der Waals surface area contributed by atoms with Crippen LogP contribution in [0.5, 0.6) is 11.5 Å². The first kappa shape index (κ1) is 17.9. The van der Waals surface area contributed by atoms with Crippen LogP contribution in [0.1, 0.15) is 33.4 Å². The fourth-order valence-electron chi connectivity index (χ4n) is 2.48. The smallest absolute Gasteiger partial charge is 0.268 e. The van der Waals surface area contributed by atoms with Crippen molar-refractivity contribution in [1.29, 1.82) is 0 Å². The first-order valence-electron chi connectivity index (χ1n) is 8.27. The number of nitrogens with one attached hydrogen (secondary N) is 1. The Labute approximate surface area is 155 Å². The molecule has 0 saturated carbocycles. The molecule has 3 aromatic rings. The van der Waals surface area contributed by atoms with Crippen molar-refractivity contribution in [2.75, 3.05) is 13.7 Å². The molecule has 0 atom stereocenters. The molecule has 0 spiro atoms. The molecule has 26 heavy (non-hydrogen) atoms. The van der Waals surface area contributed by atoms with E-state index in [0.29, 0.717) is 22.8 Å². The molecule has 0 radical (unpaired) electrons. The van der Waals surface area contributed by atoms with E-state index < -0.39 is 11.8 Å². The van der Waals surface area contributed by atoms with E-state index in [-0.39, 0.29) is 0 Å². The molecule has 0 saturated heterocycles. The minimum atomic E-state index is -0.475. The molecule has 0 aliphatic rings. The third-order valence-electron chi connectivity index (χ3n) is 3.77. The molecule has 2 amide bonds. The van der Waals surface area contributed by atoms with E-state index in [4.69, 9.17) is 9.47 Å². The van der Waals surface area contributed by atoms with Crippen molar-refractivity contribution < 1.29 is 19.1 Å². The third-order valence-corrected chi connectivity index (χ3v) is 4.88. The fourth-order valence-corrected chi connectivity index (χ4v) is 3.42. The van der Waals surface area contributed by atoms with Gasteiger partial charge in [-0.05, 0) is 48.2 Å². The lowest BCUT2D eigenvalue weighted by Crippen LogP contribution is -2.30. The molecule has 134 valence electrons. The molecule has 0 fully saturated rings. The molecule has 3 rings (SSSR count). The average Bonchev–Trinajstić information content (AvgIpc) is 3.09. The van der Waals surface area contributed by atoms with Crippen LogP contribution in [0.3, 0.4) is 0 Å². The Morgan fingerprint density at radius 1 is 1.08 bits per heavy atom. The van der Waals surface area contributed by atoms with Gasteiger partial charge in [-0.3, -0.25) is 14.9 Å². The zero-order valence-electron chi connectivity index (χ0n) is 14.6. The van der Waals surface area contributed by atoms with Crippen LogP contribution in [0.15, 0.2) is 48.5 Å². The van der Waals surface area contributed by atoms with E-state index in [1.165, 1.54) is 11.3 Å². The van der Waals surface area contributed by atoms with E-state index >= 15 is 0 Å². The Bertz CT molecular complexity index is 948. The summed E-state index contributed by atoms with van der Waals surface area (Å²) in [6.45, 7) is 2.50. The summed E-state index contributed by atoms with van der Waals surface area (Å²) in [5, 5.41) is 3.34. The van der Waals surface area contributed by atoms with Crippen LogP contribution in [0.2, 0.25) is 0 Å². The second kappa shape index (κ2) is 8.01. The topological polar surface area (TPSA) is 64.6 Å². The molecule has 1 N–H and O–H groups in total. The Morgan fingerprint density at radius 3 is 2.65 bits per heavy atom. The number of thiophene rings is 1. The maximum atomic E-state index is 12.5. The largest absolute Gasteiger partial charge is 0.497 e. The van der Waals surface area contributed by atoms with Crippen molar-refractivity contribution in [1.82, 2.24) is 5.32 Å². The summed E-state index contributed by atoms with van der Waals surface area (Å²) in [4.78, 5) is 25.5. The van der Waals surface area contributed by atoms with E-state index in [0.717, 1.165) is 22.3 Å². The van der Waals surface area contributed by atoms with Gasteiger partial charge in [0.1, 0.15) is 11.5 Å². The Morgan fingerprint density at radius 2 is 1.88 bits per heavy atom. The number of imide groups is 1. The van der Waals surface area contributed by atoms with Gasteiger partial charge in [0, 0.05) is 4.70 Å². The van der Waals surface area contributed by atoms with Crippen LogP contribution >= 0.6 is 11.3 Å². The van der Waals surface area contributed by atoms with Crippen LogP contribution in [0.25, 0.3) is 10.1 Å². The lowest BCUT2D eigenvalue weighted by Gasteiger charge is -2.10. The number of carbonyl (C=O) groups is 2. The number of carbonyl (C=O) groups excluding carboxylic acids is 2. The van der Waals surface area contributed by atoms with Gasteiger partial charge in [-0.2, -0.15) is 0 Å². The summed E-state index contributed by atoms with van der Waals surface area (Å²) >= 11 is 1.33. The number of hydrogen-bond donors (Lipinski definition) is 1. The maximum absolute atomic E-state index is 12.5. The van der Waals surface area contributed by atoms with E-state index in [9.17, 15) is 9.59 Å². The minimum Gasteiger partial charge on any atom is -0.497 e. The minimum absolute atomic E-state index is 0.345. The van der Waals surface area contributed by atoms with E-state index in [1.54, 1.807) is 37.4 Å². The monoisotopic (exact) mass is 369 g/mol. The summed E-state index contributed by atoms with van der Waals surface area (Å²) in [5.41, 5.74) is 0.345. The number of amides is 2. The molecule has 0 bridgehead atoms. The second-order valence-corrected chi connectivity index (χ2v) is 6.73. The van der Waals surface area contributed by atoms with Crippen LogP contribution in [0, 0.1) is 0 Å². The summed E-state index contributed by atoms with van der Waals surface area (Å²) in [6, 6.07) is 14.2. The van der Waals surface area contributed by atoms with Crippen molar-refractivity contribution in [3.05, 3.63) is 59.0 Å². The van der Waals surface area contributed by atoms with Gasteiger partial charge in [-0.25, -0.2) is 0 Å². The van der Waals surface area contributed by atoms with Gasteiger partial charge in [0.25, 0.3) is 11.8 Å². The van der Waals surface area contributed by atoms with Crippen molar-refractivity contribution in [3.63, 3.8) is 0 Å². The zero-order valence-corrected chi connectivity index (χ0v) is 15.4. The normalized spacial score (nSPS) is 10.5. The molecule has 0 aliphatic heterocycles. The molecule has 0 unspecified atom stereocenters. The number of ether oxygens (including phenoxy) is 2. The van der Waals surface area contributed by atoms with Crippen molar-refractivity contribution >= 4 is 33.2 Å². The predicted octanol–water partition coefficient (Wildman–Crippen LogP) is 4.27. The van der Waals surface area contributed by atoms with Gasteiger partial charge >= 0.3 is 0 Å². The summed E-state index contributed by atoms with van der Waals surface area (Å²) in [5.74, 6) is 0.290. The van der Waals surface area contributed by atoms with Gasteiger partial charge in [-0.1, -0.05) is 19.1 Å². The van der Waals surface area contributed by atoms with Crippen molar-refractivity contribution in [2.24, 2.45) is 0 Å². The summed E-state index contributed by atoms with van der Waals surface area (Å²) in [6.07, 6.45) is 0.833. The standard InChI is InChI=1S/C20H19NO4S/c1-3-10-25-16-7-5-4-6-15(16)19(22)21-20(23)18-12-13-11-14(24-2)8-9-17(13)26-18/h4-9,11-12H,3,10H2,1-2H3,(H,21,22,23). The molecule has 6 heteroatoms. The highest BCUT2D eigenvalue weighted by molar-refractivity contribution is 7.20. The second-order valence-electron chi connectivity index (χ2n) is 5.64. The Balaban J connectivity index is 1.78. The SMILES string of the molecule is CCCOc1ccccc1C(=O)NC(=O)c1cc2cc(OC)ccc2s1. The number of fused-ring (bicyclic) bond motifs is 1. The van der Waals surface area contributed by atoms with E-state index in [2.05, 4.69) is 5.32 Å². The number of hydrogen-bond acceptors (Lipinski definition) is 5. The van der Waals surface area contributed by atoms with Crippen LogP contribution in [-0.2, 0) is 0 Å². The Hall–Kier alpha value is -2.86. The third kappa shape index (κ3) is 3.86. The van der Waals surface area contributed by atoms with Gasteiger partial charge in [0.15, 0.2) is 0 Å². The lowest BCUT2D eigenvalue weighted by atomic mass is 10.2. The average molecular weight is 369 g/mol. The van der Waals surface area contributed by atoms with Crippen molar-refractivity contribution in [2.45, 2.75) is 13.3 Å². The number of methoxy groups -OCH3 is 1. The lowest BCUT2D eigenvalue weighted by molar-refractivity contribution is 0.0849. The van der Waals surface area contributed by atoms with Gasteiger partial charge in [0.2, 0.25) is 0 Å². The van der Waals surface area contributed by atoms with Gasteiger partial charge in [-0.15, -0.1) is 11.3 Å². The maximum Gasteiger partial charge on any atom is 0.268 e. The van der Waals surface area contributed by atoms with Crippen LogP contribution in [0.4, 0.5) is 0 Å². The fraction of sp³-hybridized carbons (Fsp3) is 0.200. The Kier molecular flexibility index (Phi) is 5.53. The highest BCUT2D eigenvalue weighted by Crippen LogP contribution is 2.29. The first-order chi connectivity index (χ1) is 12.6. The molecule has 1 heterocycles. The summed E-state index contributed by atoms with van der Waals surface area (Å²) in [7, 11) is 1.60. The quantitative estimate of drug-likeness (QED) is 0.659. The molecule has 0 aliphatic carbocycles. The predicted molar refractivity (Wildman–Crippen MR) is 102 cm³/mol. The molecule has 2 aromatic carbocycles. The number of rotatable bonds is 6. The molecule has 1 aromatic heterocycles. The molecular formula is C20H19NO4S. The van der Waals surface area contributed by atoms with Crippen molar-refractivity contribution in [3.8, 4) is 11.5 Å². The zero-order chi connectivity index (χ0) is 18.5. The van der Waals surface area contributed by atoms with Gasteiger partial charge in [0.05, 0.1) is 24.2 Å². The molecular weight excluding hydrogens is 350 g/mol.